The van der Waals surface area contributed by atoms with Crippen LogP contribution in [0.3, 0.4) is 0 Å². The lowest BCUT2D eigenvalue weighted by Gasteiger charge is -2.36. The van der Waals surface area contributed by atoms with Crippen LogP contribution in [-0.4, -0.2) is 41.3 Å². The van der Waals surface area contributed by atoms with E-state index in [1.54, 1.807) is 11.8 Å². The van der Waals surface area contributed by atoms with E-state index in [9.17, 15) is 13.2 Å². The molecule has 0 aliphatic carbocycles. The van der Waals surface area contributed by atoms with Gasteiger partial charge in [-0.05, 0) is 13.0 Å². The molecule has 1 aromatic rings. The summed E-state index contributed by atoms with van der Waals surface area (Å²) in [6, 6.07) is 1.11. The maximum atomic E-state index is 12.5. The minimum Gasteiger partial charge on any atom is -0.326 e. The molecule has 0 bridgehead atoms. The highest BCUT2D eigenvalue weighted by Crippen LogP contribution is 2.29. The van der Waals surface area contributed by atoms with E-state index in [2.05, 4.69) is 4.98 Å². The summed E-state index contributed by atoms with van der Waals surface area (Å²) in [7, 11) is -3.62. The molecule has 8 heteroatoms. The summed E-state index contributed by atoms with van der Waals surface area (Å²) < 4.78 is 26.6. The zero-order chi connectivity index (χ0) is 14.2. The van der Waals surface area contributed by atoms with Gasteiger partial charge in [-0.2, -0.15) is 16.1 Å². The fourth-order valence-electron chi connectivity index (χ4n) is 1.97. The van der Waals surface area contributed by atoms with Gasteiger partial charge in [0.15, 0.2) is 0 Å². The third-order valence-corrected chi connectivity index (χ3v) is 6.85. The Bertz CT molecular complexity index is 629. The number of halogens is 1. The van der Waals surface area contributed by atoms with Crippen molar-refractivity contribution in [1.82, 2.24) is 9.29 Å². The molecule has 2 rings (SSSR count). The van der Waals surface area contributed by atoms with Crippen LogP contribution in [0.4, 0.5) is 0 Å². The van der Waals surface area contributed by atoms with Crippen LogP contribution in [0.5, 0.6) is 0 Å². The number of nitrogens with one attached hydrogen (secondary N) is 1. The minimum absolute atomic E-state index is 0.0306. The Morgan fingerprint density at radius 2 is 2.16 bits per heavy atom. The lowest BCUT2D eigenvalue weighted by atomic mass is 10.2. The zero-order valence-corrected chi connectivity index (χ0v) is 13.0. The van der Waals surface area contributed by atoms with Crippen molar-refractivity contribution in [3.8, 4) is 0 Å². The Morgan fingerprint density at radius 3 is 2.79 bits per heavy atom. The second kappa shape index (κ2) is 5.47. The molecule has 0 radical (unpaired) electrons. The Kier molecular flexibility index (Phi) is 4.29. The van der Waals surface area contributed by atoms with Crippen LogP contribution >= 0.6 is 23.4 Å². The van der Waals surface area contributed by atoms with Crippen LogP contribution in [0.25, 0.3) is 0 Å². The van der Waals surface area contributed by atoms with Gasteiger partial charge in [-0.3, -0.25) is 4.79 Å². The molecule has 19 heavy (non-hydrogen) atoms. The van der Waals surface area contributed by atoms with Crippen molar-refractivity contribution in [2.45, 2.75) is 30.0 Å². The van der Waals surface area contributed by atoms with E-state index in [4.69, 9.17) is 11.6 Å². The molecule has 1 aliphatic rings. The molecule has 2 heterocycles. The Morgan fingerprint density at radius 1 is 1.47 bits per heavy atom. The SMILES string of the molecule is CC1SCCN(S(=O)(=O)c2c[nH]c(=O)c(Cl)c2)C1C. The molecular weight excluding hydrogens is 308 g/mol. The first-order valence-electron chi connectivity index (χ1n) is 5.85. The number of nitrogens with zero attached hydrogens (tertiary/aromatic N) is 1. The van der Waals surface area contributed by atoms with Crippen LogP contribution in [0.15, 0.2) is 22.0 Å². The highest BCUT2D eigenvalue weighted by molar-refractivity contribution is 8.00. The number of aromatic nitrogens is 1. The highest BCUT2D eigenvalue weighted by Gasteiger charge is 2.35. The average Bonchev–Trinajstić information content (AvgIpc) is 2.35. The predicted octanol–water partition coefficient (Wildman–Crippen LogP) is 1.54. The smallest absolute Gasteiger partial charge is 0.266 e. The first-order valence-corrected chi connectivity index (χ1v) is 8.72. The van der Waals surface area contributed by atoms with E-state index in [1.807, 2.05) is 13.8 Å². The molecule has 0 amide bonds. The summed E-state index contributed by atoms with van der Waals surface area (Å²) in [4.78, 5) is 13.6. The van der Waals surface area contributed by atoms with Crippen molar-refractivity contribution in [3.63, 3.8) is 0 Å². The number of hydrogen-bond donors (Lipinski definition) is 1. The van der Waals surface area contributed by atoms with Crippen LogP contribution in [0.2, 0.25) is 5.02 Å². The van der Waals surface area contributed by atoms with Gasteiger partial charge in [-0.25, -0.2) is 8.42 Å². The second-order valence-electron chi connectivity index (χ2n) is 4.44. The summed E-state index contributed by atoms with van der Waals surface area (Å²) >= 11 is 7.45. The van der Waals surface area contributed by atoms with Crippen molar-refractivity contribution < 1.29 is 8.42 Å². The van der Waals surface area contributed by atoms with Gasteiger partial charge in [0.05, 0.1) is 4.90 Å². The molecule has 1 aromatic heterocycles. The number of hydrogen-bond acceptors (Lipinski definition) is 4. The fraction of sp³-hybridized carbons (Fsp3) is 0.545. The first kappa shape index (κ1) is 14.9. The largest absolute Gasteiger partial charge is 0.326 e. The van der Waals surface area contributed by atoms with Gasteiger partial charge in [0, 0.05) is 29.8 Å². The molecule has 0 saturated carbocycles. The number of rotatable bonds is 2. The van der Waals surface area contributed by atoms with Crippen molar-refractivity contribution >= 4 is 33.4 Å². The quantitative estimate of drug-likeness (QED) is 0.896. The number of sulfonamides is 1. The molecule has 2 unspecified atom stereocenters. The third kappa shape index (κ3) is 2.84. The number of pyridine rings is 1. The maximum absolute atomic E-state index is 12.5. The van der Waals surface area contributed by atoms with Gasteiger partial charge in [-0.15, -0.1) is 0 Å². The van der Waals surface area contributed by atoms with Crippen LogP contribution in [0, 0.1) is 0 Å². The summed E-state index contributed by atoms with van der Waals surface area (Å²) in [6.45, 7) is 4.37. The third-order valence-electron chi connectivity index (χ3n) is 3.26. The predicted molar refractivity (Wildman–Crippen MR) is 77.3 cm³/mol. The Balaban J connectivity index is 2.41. The van der Waals surface area contributed by atoms with Gasteiger partial charge in [-0.1, -0.05) is 18.5 Å². The molecule has 5 nitrogen and oxygen atoms in total. The van der Waals surface area contributed by atoms with Gasteiger partial charge < -0.3 is 4.98 Å². The van der Waals surface area contributed by atoms with Crippen LogP contribution in [0.1, 0.15) is 13.8 Å². The van der Waals surface area contributed by atoms with E-state index in [0.717, 1.165) is 5.75 Å². The lowest BCUT2D eigenvalue weighted by molar-refractivity contribution is 0.340. The van der Waals surface area contributed by atoms with Crippen molar-refractivity contribution in [2.24, 2.45) is 0 Å². The second-order valence-corrected chi connectivity index (χ2v) is 8.23. The topological polar surface area (TPSA) is 70.2 Å². The fourth-order valence-corrected chi connectivity index (χ4v) is 5.19. The van der Waals surface area contributed by atoms with Gasteiger partial charge in [0.2, 0.25) is 10.0 Å². The summed E-state index contributed by atoms with van der Waals surface area (Å²) in [5.41, 5.74) is -0.490. The molecule has 0 aromatic carbocycles. The molecule has 2 atom stereocenters. The highest BCUT2D eigenvalue weighted by atomic mass is 35.5. The van der Waals surface area contributed by atoms with Crippen molar-refractivity contribution in [3.05, 3.63) is 27.6 Å². The normalized spacial score (nSPS) is 25.4. The lowest BCUT2D eigenvalue weighted by Crippen LogP contribution is -2.47. The monoisotopic (exact) mass is 322 g/mol. The molecule has 106 valence electrons. The van der Waals surface area contributed by atoms with Gasteiger partial charge >= 0.3 is 0 Å². The van der Waals surface area contributed by atoms with E-state index >= 15 is 0 Å². The zero-order valence-electron chi connectivity index (χ0n) is 10.6. The molecule has 1 N–H and O–H groups in total. The standard InChI is InChI=1S/C11H15ClN2O3S2/c1-7-8(2)18-4-3-14(7)19(16,17)9-5-10(12)11(15)13-6-9/h5-8H,3-4H2,1-2H3,(H,13,15). The van der Waals surface area contributed by atoms with Crippen molar-refractivity contribution in [2.75, 3.05) is 12.3 Å². The van der Waals surface area contributed by atoms with Crippen molar-refractivity contribution in [1.29, 1.82) is 0 Å². The summed E-state index contributed by atoms with van der Waals surface area (Å²) in [6.07, 6.45) is 1.20. The number of thioether (sulfide) groups is 1. The summed E-state index contributed by atoms with van der Waals surface area (Å²) in [5.74, 6) is 0.766. The Labute approximate surface area is 121 Å². The Hall–Kier alpha value is -0.500. The first-order chi connectivity index (χ1) is 8.84. The van der Waals surface area contributed by atoms with Crippen LogP contribution < -0.4 is 5.56 Å². The summed E-state index contributed by atoms with van der Waals surface area (Å²) in [5, 5.41) is 0.120. The van der Waals surface area contributed by atoms with Crippen LogP contribution in [-0.2, 0) is 10.0 Å². The number of H-pyrrole nitrogens is 1. The molecule has 1 saturated heterocycles. The maximum Gasteiger partial charge on any atom is 0.266 e. The van der Waals surface area contributed by atoms with E-state index in [-0.39, 0.29) is 21.2 Å². The minimum atomic E-state index is -3.62. The molecule has 0 spiro atoms. The molecule has 1 aliphatic heterocycles. The van der Waals surface area contributed by atoms with E-state index in [1.165, 1.54) is 16.6 Å². The van der Waals surface area contributed by atoms with E-state index in [0.29, 0.717) is 6.54 Å². The average molecular weight is 323 g/mol. The molecular formula is C11H15ClN2O3S2. The van der Waals surface area contributed by atoms with E-state index < -0.39 is 15.6 Å². The number of aromatic amines is 1. The molecule has 1 fully saturated rings. The van der Waals surface area contributed by atoms with Gasteiger partial charge in [0.1, 0.15) is 5.02 Å². The van der Waals surface area contributed by atoms with Gasteiger partial charge in [0.25, 0.3) is 5.56 Å².